The number of nitrogens with zero attached hydrogens (tertiary/aromatic N) is 1. The standard InChI is InChI=1S/C76H147NO8/c1-6-8-10-12-14-16-18-20-22-24-26-28-30-31-32-33-34-35-36-37-38-39-40-41-42-43-45-47-49-51-53-55-57-59-61-63-65-67-74(79)85-72(71-84-76(75(80)81)82-69-68-77(3,4)5)70-83-73(78)66-64-62-60-58-56-54-52-50-48-46-44-29-27-25-23-21-19-17-15-13-11-9-7-2/h24,26,72,76H,6-23,25,27-71H2,1-5H3/b26-24-. The topological polar surface area (TPSA) is 111 Å². The van der Waals surface area contributed by atoms with Gasteiger partial charge in [-0.25, -0.2) is 0 Å². The fraction of sp³-hybridized carbons (Fsp3) is 0.934. The van der Waals surface area contributed by atoms with E-state index in [0.29, 0.717) is 17.4 Å². The zero-order valence-electron chi connectivity index (χ0n) is 57.8. The van der Waals surface area contributed by atoms with Crippen LogP contribution in [0, 0.1) is 0 Å². The third-order valence-corrected chi connectivity index (χ3v) is 17.5. The van der Waals surface area contributed by atoms with E-state index in [2.05, 4.69) is 26.0 Å². The van der Waals surface area contributed by atoms with Gasteiger partial charge >= 0.3 is 11.9 Å². The Balaban J connectivity index is 3.96. The number of aliphatic carboxylic acids is 1. The van der Waals surface area contributed by atoms with E-state index in [-0.39, 0.29) is 32.2 Å². The number of carbonyl (C=O) groups is 3. The van der Waals surface area contributed by atoms with Crippen LogP contribution < -0.4 is 5.11 Å². The number of unbranched alkanes of at least 4 members (excludes halogenated alkanes) is 55. The van der Waals surface area contributed by atoms with E-state index in [0.717, 1.165) is 38.5 Å². The van der Waals surface area contributed by atoms with Gasteiger partial charge in [0, 0.05) is 12.8 Å². The lowest BCUT2D eigenvalue weighted by Crippen LogP contribution is -2.44. The van der Waals surface area contributed by atoms with Crippen LogP contribution in [0.1, 0.15) is 399 Å². The van der Waals surface area contributed by atoms with Crippen LogP contribution in [0.15, 0.2) is 12.2 Å². The van der Waals surface area contributed by atoms with Gasteiger partial charge in [0.2, 0.25) is 0 Å². The molecule has 0 aliphatic rings. The van der Waals surface area contributed by atoms with Crippen molar-refractivity contribution < 1.29 is 42.9 Å². The second kappa shape index (κ2) is 68.0. The summed E-state index contributed by atoms with van der Waals surface area (Å²) in [6, 6.07) is 0. The molecule has 0 aliphatic carbocycles. The van der Waals surface area contributed by atoms with Crippen molar-refractivity contribution in [3.63, 3.8) is 0 Å². The molecule has 9 nitrogen and oxygen atoms in total. The first-order chi connectivity index (χ1) is 41.6. The Hall–Kier alpha value is -1.97. The number of rotatable bonds is 72. The average Bonchev–Trinajstić information content (AvgIpc) is 3.48. The van der Waals surface area contributed by atoms with Crippen molar-refractivity contribution in [1.29, 1.82) is 0 Å². The van der Waals surface area contributed by atoms with Crippen LogP contribution in [0.5, 0.6) is 0 Å². The lowest BCUT2D eigenvalue weighted by molar-refractivity contribution is -0.870. The van der Waals surface area contributed by atoms with E-state index in [1.807, 2.05) is 21.1 Å². The summed E-state index contributed by atoms with van der Waals surface area (Å²) < 4.78 is 22.9. The molecule has 0 aromatic carbocycles. The molecule has 0 spiro atoms. The van der Waals surface area contributed by atoms with Crippen molar-refractivity contribution in [2.24, 2.45) is 0 Å². The lowest BCUT2D eigenvalue weighted by atomic mass is 10.0. The molecule has 0 aromatic rings. The molecule has 0 aromatic heterocycles. The van der Waals surface area contributed by atoms with Crippen molar-refractivity contribution in [3.05, 3.63) is 12.2 Å². The molecular formula is C76H147NO8. The van der Waals surface area contributed by atoms with E-state index in [1.54, 1.807) is 0 Å². The monoisotopic (exact) mass is 1200 g/mol. The Bertz CT molecular complexity index is 1400. The average molecular weight is 1200 g/mol. The predicted molar refractivity (Wildman–Crippen MR) is 362 cm³/mol. The van der Waals surface area contributed by atoms with Gasteiger partial charge in [0.25, 0.3) is 0 Å². The van der Waals surface area contributed by atoms with Crippen LogP contribution in [0.25, 0.3) is 0 Å². The molecule has 0 saturated carbocycles. The Morgan fingerprint density at radius 3 is 0.871 bits per heavy atom. The number of carboxylic acids is 1. The predicted octanol–water partition coefficient (Wildman–Crippen LogP) is 22.3. The van der Waals surface area contributed by atoms with Crippen LogP contribution >= 0.6 is 0 Å². The molecule has 0 rings (SSSR count). The molecule has 0 aliphatic heterocycles. The highest BCUT2D eigenvalue weighted by Crippen LogP contribution is 2.20. The highest BCUT2D eigenvalue weighted by atomic mass is 16.7. The summed E-state index contributed by atoms with van der Waals surface area (Å²) in [5.41, 5.74) is 0. The van der Waals surface area contributed by atoms with Gasteiger partial charge in [-0.05, 0) is 38.5 Å². The first-order valence-corrected chi connectivity index (χ1v) is 37.8. The molecular weight excluding hydrogens is 1050 g/mol. The van der Waals surface area contributed by atoms with Gasteiger partial charge < -0.3 is 33.3 Å². The maximum atomic E-state index is 12.9. The quantitative estimate of drug-likeness (QED) is 0.0195. The largest absolute Gasteiger partial charge is 0.545 e. The number of hydrogen-bond acceptors (Lipinski definition) is 8. The van der Waals surface area contributed by atoms with Gasteiger partial charge in [0.1, 0.15) is 13.2 Å². The zero-order valence-corrected chi connectivity index (χ0v) is 57.8. The van der Waals surface area contributed by atoms with Gasteiger partial charge in [-0.2, -0.15) is 0 Å². The van der Waals surface area contributed by atoms with Crippen LogP contribution in [0.3, 0.4) is 0 Å². The third kappa shape index (κ3) is 69.4. The van der Waals surface area contributed by atoms with Crippen LogP contribution in [0.4, 0.5) is 0 Å². The SMILES string of the molecule is CCCCCCCCCC/C=C\CCCCCCCCCCCCCCCCCCCCCCCCCCCC(=O)OC(COC(=O)CCCCCCCCCCCCCCCCCCCCCCCCC)COC(OCC[N+](C)(C)C)C(=O)[O-]. The summed E-state index contributed by atoms with van der Waals surface area (Å²) in [5, 5.41) is 11.8. The minimum Gasteiger partial charge on any atom is -0.545 e. The van der Waals surface area contributed by atoms with Crippen molar-refractivity contribution in [2.75, 3.05) is 47.5 Å². The molecule has 9 heteroatoms. The minimum atomic E-state index is -1.62. The first kappa shape index (κ1) is 83.0. The van der Waals surface area contributed by atoms with Crippen molar-refractivity contribution in [2.45, 2.75) is 411 Å². The second-order valence-corrected chi connectivity index (χ2v) is 27.3. The third-order valence-electron chi connectivity index (χ3n) is 17.5. The van der Waals surface area contributed by atoms with E-state index in [4.69, 9.17) is 18.9 Å². The van der Waals surface area contributed by atoms with Crippen molar-refractivity contribution in [3.8, 4) is 0 Å². The van der Waals surface area contributed by atoms with E-state index >= 15 is 0 Å². The summed E-state index contributed by atoms with van der Waals surface area (Å²) in [4.78, 5) is 37.5. The fourth-order valence-corrected chi connectivity index (χ4v) is 11.7. The summed E-state index contributed by atoms with van der Waals surface area (Å²) in [7, 11) is 5.95. The molecule has 85 heavy (non-hydrogen) atoms. The fourth-order valence-electron chi connectivity index (χ4n) is 11.7. The number of carbonyl (C=O) groups excluding carboxylic acids is 3. The van der Waals surface area contributed by atoms with Crippen molar-refractivity contribution in [1.82, 2.24) is 0 Å². The maximum absolute atomic E-state index is 12.9. The summed E-state index contributed by atoms with van der Waals surface area (Å²) in [5.74, 6) is -2.24. The normalized spacial score (nSPS) is 12.6. The lowest BCUT2D eigenvalue weighted by Gasteiger charge is -2.26. The molecule has 0 radical (unpaired) electrons. The molecule has 0 heterocycles. The summed E-state index contributed by atoms with van der Waals surface area (Å²) in [6.45, 7) is 4.84. The Labute approximate surface area is 529 Å². The second-order valence-electron chi connectivity index (χ2n) is 27.3. The molecule has 0 saturated heterocycles. The highest BCUT2D eigenvalue weighted by Gasteiger charge is 2.22. The van der Waals surface area contributed by atoms with Gasteiger partial charge in [-0.3, -0.25) is 9.59 Å². The van der Waals surface area contributed by atoms with Gasteiger partial charge in [-0.1, -0.05) is 360 Å². The molecule has 0 amide bonds. The van der Waals surface area contributed by atoms with Crippen LogP contribution in [-0.2, 0) is 33.3 Å². The Morgan fingerprint density at radius 1 is 0.341 bits per heavy atom. The first-order valence-electron chi connectivity index (χ1n) is 37.8. The molecule has 0 fully saturated rings. The number of likely N-dealkylation sites (N-methyl/N-ethyl adjacent to an activating group) is 1. The number of hydrogen-bond donors (Lipinski definition) is 0. The maximum Gasteiger partial charge on any atom is 0.306 e. The van der Waals surface area contributed by atoms with Crippen LogP contribution in [0.2, 0.25) is 0 Å². The van der Waals surface area contributed by atoms with Crippen molar-refractivity contribution >= 4 is 17.9 Å². The number of carboxylic acid groups (broad SMARTS) is 1. The number of esters is 2. The highest BCUT2D eigenvalue weighted by molar-refractivity contribution is 5.70. The number of ether oxygens (including phenoxy) is 4. The van der Waals surface area contributed by atoms with Gasteiger partial charge in [-0.15, -0.1) is 0 Å². The van der Waals surface area contributed by atoms with Gasteiger partial charge in [0.05, 0.1) is 40.3 Å². The molecule has 2 atom stereocenters. The van der Waals surface area contributed by atoms with E-state index in [9.17, 15) is 19.5 Å². The molecule has 2 unspecified atom stereocenters. The minimum absolute atomic E-state index is 0.153. The van der Waals surface area contributed by atoms with E-state index in [1.165, 1.54) is 334 Å². The smallest absolute Gasteiger partial charge is 0.306 e. The molecule has 0 N–H and O–H groups in total. The Kier molecular flexibility index (Phi) is 66.4. The molecule has 504 valence electrons. The number of quaternary nitrogens is 1. The zero-order chi connectivity index (χ0) is 61.9. The van der Waals surface area contributed by atoms with Crippen LogP contribution in [-0.4, -0.2) is 82.3 Å². The molecule has 0 bridgehead atoms. The summed E-state index contributed by atoms with van der Waals surface area (Å²) >= 11 is 0. The number of allylic oxidation sites excluding steroid dienone is 2. The Morgan fingerprint density at radius 2 is 0.600 bits per heavy atom. The van der Waals surface area contributed by atoms with Gasteiger partial charge in [0.15, 0.2) is 12.4 Å². The summed E-state index contributed by atoms with van der Waals surface area (Å²) in [6.07, 6.45) is 80.4. The van der Waals surface area contributed by atoms with E-state index < -0.39 is 24.3 Å².